The summed E-state index contributed by atoms with van der Waals surface area (Å²) in [6.07, 6.45) is -1.34. The first kappa shape index (κ1) is 9.63. The van der Waals surface area contributed by atoms with Crippen molar-refractivity contribution in [1.82, 2.24) is 4.90 Å². The van der Waals surface area contributed by atoms with Gasteiger partial charge in [0.1, 0.15) is 0 Å². The Balaban J connectivity index is 2.66. The Morgan fingerprint density at radius 2 is 2.46 bits per heavy atom. The van der Waals surface area contributed by atoms with Crippen LogP contribution in [0.1, 0.15) is 0 Å². The predicted molar refractivity (Wildman–Crippen MR) is 43.3 cm³/mol. The fourth-order valence-electron chi connectivity index (χ4n) is 1.32. The molecular weight excluding hydrogens is 176 g/mol. The fraction of sp³-hybridized carbons (Fsp3) is 0.833. The summed E-state index contributed by atoms with van der Waals surface area (Å²) in [6, 6.07) is -0.411. The highest BCUT2D eigenvalue weighted by Crippen LogP contribution is 2.16. The first-order valence-corrected chi connectivity index (χ1v) is 3.74. The lowest BCUT2D eigenvalue weighted by atomic mass is 10.2. The van der Waals surface area contributed by atoms with Gasteiger partial charge in [-0.3, -0.25) is 0 Å². The first-order chi connectivity index (χ1) is 6.19. The van der Waals surface area contributed by atoms with E-state index in [1.807, 2.05) is 0 Å². The summed E-state index contributed by atoms with van der Waals surface area (Å²) >= 11 is 0. The van der Waals surface area contributed by atoms with Gasteiger partial charge in [-0.25, -0.2) is 4.79 Å². The number of ether oxygens (including phenoxy) is 1. The summed E-state index contributed by atoms with van der Waals surface area (Å²) in [5.41, 5.74) is 8.20. The SMILES string of the molecule is COC1CN(C(=O)O)CC1N=[N+]=[N-]. The van der Waals surface area contributed by atoms with Crippen LogP contribution >= 0.6 is 0 Å². The van der Waals surface area contributed by atoms with Crippen LogP contribution in [0.5, 0.6) is 0 Å². The molecular formula is C6H10N4O3. The van der Waals surface area contributed by atoms with Crippen molar-refractivity contribution in [2.24, 2.45) is 5.11 Å². The molecule has 2 unspecified atom stereocenters. The first-order valence-electron chi connectivity index (χ1n) is 3.74. The maximum absolute atomic E-state index is 10.5. The number of rotatable bonds is 2. The van der Waals surface area contributed by atoms with Crippen LogP contribution < -0.4 is 0 Å². The molecule has 1 aliphatic heterocycles. The highest BCUT2D eigenvalue weighted by Gasteiger charge is 2.34. The largest absolute Gasteiger partial charge is 0.465 e. The van der Waals surface area contributed by atoms with Gasteiger partial charge in [0, 0.05) is 18.6 Å². The molecule has 0 aromatic rings. The minimum Gasteiger partial charge on any atom is -0.465 e. The molecule has 1 heterocycles. The molecule has 1 saturated heterocycles. The summed E-state index contributed by atoms with van der Waals surface area (Å²) in [5.74, 6) is 0. The van der Waals surface area contributed by atoms with Gasteiger partial charge in [-0.2, -0.15) is 0 Å². The molecule has 0 radical (unpaired) electrons. The molecule has 72 valence electrons. The Morgan fingerprint density at radius 3 is 2.92 bits per heavy atom. The predicted octanol–water partition coefficient (Wildman–Crippen LogP) is 0.674. The van der Waals surface area contributed by atoms with Gasteiger partial charge in [-0.1, -0.05) is 5.11 Å². The van der Waals surface area contributed by atoms with Crippen LogP contribution in [-0.2, 0) is 4.74 Å². The van der Waals surface area contributed by atoms with Crippen LogP contribution in [-0.4, -0.2) is 48.4 Å². The molecule has 1 amide bonds. The van der Waals surface area contributed by atoms with E-state index in [9.17, 15) is 4.79 Å². The van der Waals surface area contributed by atoms with E-state index in [0.29, 0.717) is 0 Å². The third-order valence-corrected chi connectivity index (χ3v) is 2.01. The second-order valence-corrected chi connectivity index (χ2v) is 2.73. The number of carboxylic acid groups (broad SMARTS) is 1. The standard InChI is InChI=1S/C6H10N4O3/c1-13-5-3-10(6(11)12)2-4(5)8-9-7/h4-5H,2-3H2,1H3,(H,11,12). The Bertz CT molecular complexity index is 250. The van der Waals surface area contributed by atoms with E-state index in [1.165, 1.54) is 12.0 Å². The summed E-state index contributed by atoms with van der Waals surface area (Å²) in [5, 5.41) is 12.1. The van der Waals surface area contributed by atoms with Crippen LogP contribution in [0.3, 0.4) is 0 Å². The number of methoxy groups -OCH3 is 1. The molecule has 0 aromatic heterocycles. The molecule has 1 rings (SSSR count). The van der Waals surface area contributed by atoms with E-state index in [4.69, 9.17) is 15.4 Å². The highest BCUT2D eigenvalue weighted by atomic mass is 16.5. The van der Waals surface area contributed by atoms with E-state index in [0.717, 1.165) is 0 Å². The zero-order chi connectivity index (χ0) is 9.84. The molecule has 0 bridgehead atoms. The van der Waals surface area contributed by atoms with E-state index >= 15 is 0 Å². The minimum absolute atomic E-state index is 0.206. The maximum Gasteiger partial charge on any atom is 0.407 e. The van der Waals surface area contributed by atoms with Crippen LogP contribution in [0.25, 0.3) is 10.4 Å². The third kappa shape index (κ3) is 2.01. The van der Waals surface area contributed by atoms with Gasteiger partial charge in [0.05, 0.1) is 18.7 Å². The topological polar surface area (TPSA) is 98.5 Å². The zero-order valence-corrected chi connectivity index (χ0v) is 7.12. The van der Waals surface area contributed by atoms with Crippen molar-refractivity contribution in [3.05, 3.63) is 10.4 Å². The van der Waals surface area contributed by atoms with Crippen molar-refractivity contribution in [1.29, 1.82) is 0 Å². The lowest BCUT2D eigenvalue weighted by Gasteiger charge is -2.10. The molecule has 0 aliphatic carbocycles. The number of hydrogen-bond donors (Lipinski definition) is 1. The van der Waals surface area contributed by atoms with Crippen LogP contribution in [0.4, 0.5) is 4.79 Å². The number of hydrogen-bond acceptors (Lipinski definition) is 3. The molecule has 0 saturated carbocycles. The number of nitrogens with zero attached hydrogens (tertiary/aromatic N) is 4. The van der Waals surface area contributed by atoms with Gasteiger partial charge in [0.25, 0.3) is 0 Å². The summed E-state index contributed by atoms with van der Waals surface area (Å²) < 4.78 is 4.99. The second kappa shape index (κ2) is 3.97. The molecule has 13 heavy (non-hydrogen) atoms. The Kier molecular flexibility index (Phi) is 2.94. The van der Waals surface area contributed by atoms with Crippen molar-refractivity contribution in [3.63, 3.8) is 0 Å². The average Bonchev–Trinajstić information content (AvgIpc) is 2.48. The Labute approximate surface area is 74.5 Å². The van der Waals surface area contributed by atoms with Crippen molar-refractivity contribution in [2.75, 3.05) is 20.2 Å². The van der Waals surface area contributed by atoms with Gasteiger partial charge in [-0.05, 0) is 5.53 Å². The zero-order valence-electron chi connectivity index (χ0n) is 7.12. The van der Waals surface area contributed by atoms with E-state index < -0.39 is 12.1 Å². The van der Waals surface area contributed by atoms with E-state index in [-0.39, 0.29) is 19.2 Å². The minimum atomic E-state index is -1.02. The van der Waals surface area contributed by atoms with Crippen molar-refractivity contribution in [3.8, 4) is 0 Å². The van der Waals surface area contributed by atoms with Gasteiger partial charge in [-0.15, -0.1) is 0 Å². The quantitative estimate of drug-likeness (QED) is 0.389. The number of likely N-dealkylation sites (tertiary alicyclic amines) is 1. The Hall–Kier alpha value is -1.46. The third-order valence-electron chi connectivity index (χ3n) is 2.01. The molecule has 2 atom stereocenters. The van der Waals surface area contributed by atoms with Gasteiger partial charge in [0.2, 0.25) is 0 Å². The lowest BCUT2D eigenvalue weighted by Crippen LogP contribution is -2.28. The number of carbonyl (C=O) groups is 1. The Morgan fingerprint density at radius 1 is 1.77 bits per heavy atom. The number of amides is 1. The number of azide groups is 1. The van der Waals surface area contributed by atoms with Gasteiger partial charge < -0.3 is 14.7 Å². The van der Waals surface area contributed by atoms with Crippen LogP contribution in [0.15, 0.2) is 5.11 Å². The summed E-state index contributed by atoms with van der Waals surface area (Å²) in [6.45, 7) is 0.466. The fourth-order valence-corrected chi connectivity index (χ4v) is 1.32. The molecule has 7 nitrogen and oxygen atoms in total. The molecule has 0 spiro atoms. The summed E-state index contributed by atoms with van der Waals surface area (Å²) in [4.78, 5) is 14.4. The van der Waals surface area contributed by atoms with Gasteiger partial charge >= 0.3 is 6.09 Å². The van der Waals surface area contributed by atoms with E-state index in [2.05, 4.69) is 10.0 Å². The highest BCUT2D eigenvalue weighted by molar-refractivity contribution is 5.65. The van der Waals surface area contributed by atoms with Crippen molar-refractivity contribution in [2.45, 2.75) is 12.1 Å². The average molecular weight is 186 g/mol. The molecule has 7 heteroatoms. The monoisotopic (exact) mass is 186 g/mol. The van der Waals surface area contributed by atoms with Crippen LogP contribution in [0.2, 0.25) is 0 Å². The summed E-state index contributed by atoms with van der Waals surface area (Å²) in [7, 11) is 1.47. The van der Waals surface area contributed by atoms with Crippen molar-refractivity contribution >= 4 is 6.09 Å². The second-order valence-electron chi connectivity index (χ2n) is 2.73. The smallest absolute Gasteiger partial charge is 0.407 e. The normalized spacial score (nSPS) is 27.0. The van der Waals surface area contributed by atoms with Crippen molar-refractivity contribution < 1.29 is 14.6 Å². The van der Waals surface area contributed by atoms with Gasteiger partial charge in [0.15, 0.2) is 0 Å². The lowest BCUT2D eigenvalue weighted by molar-refractivity contribution is 0.0955. The molecule has 1 N–H and O–H groups in total. The maximum atomic E-state index is 10.5. The van der Waals surface area contributed by atoms with E-state index in [1.54, 1.807) is 0 Å². The molecule has 1 aliphatic rings. The van der Waals surface area contributed by atoms with Crippen LogP contribution in [0, 0.1) is 0 Å². The molecule has 0 aromatic carbocycles. The molecule has 1 fully saturated rings.